The van der Waals surface area contributed by atoms with E-state index in [1.54, 1.807) is 18.2 Å². The summed E-state index contributed by atoms with van der Waals surface area (Å²) in [4.78, 5) is 11.0. The lowest BCUT2D eigenvalue weighted by atomic mass is 10.1. The molecule has 0 spiro atoms. The predicted octanol–water partition coefficient (Wildman–Crippen LogP) is 2.91. The van der Waals surface area contributed by atoms with E-state index in [4.69, 9.17) is 5.11 Å². The van der Waals surface area contributed by atoms with E-state index >= 15 is 0 Å². The number of hydrogen-bond donors (Lipinski definition) is 1. The number of carboxylic acids is 1. The molecule has 0 saturated heterocycles. The molecule has 1 aliphatic rings. The Labute approximate surface area is 134 Å². The van der Waals surface area contributed by atoms with Crippen LogP contribution in [0.15, 0.2) is 38.3 Å². The van der Waals surface area contributed by atoms with Gasteiger partial charge < -0.3 is 5.11 Å². The van der Waals surface area contributed by atoms with Crippen molar-refractivity contribution in [1.29, 1.82) is 0 Å². The zero-order valence-electron chi connectivity index (χ0n) is 10.6. The molecule has 0 fully saturated rings. The van der Waals surface area contributed by atoms with Crippen molar-refractivity contribution in [3.63, 3.8) is 0 Å². The summed E-state index contributed by atoms with van der Waals surface area (Å²) in [6.45, 7) is 0.474. The van der Waals surface area contributed by atoms with Gasteiger partial charge in [-0.05, 0) is 51.3 Å². The number of hydrogen-bond acceptors (Lipinski definition) is 4. The van der Waals surface area contributed by atoms with Crippen LogP contribution in [0.3, 0.4) is 0 Å². The Balaban J connectivity index is 1.92. The largest absolute Gasteiger partial charge is 0.478 e. The fourth-order valence-electron chi connectivity index (χ4n) is 2.23. The molecule has 0 radical (unpaired) electrons. The van der Waals surface area contributed by atoms with Gasteiger partial charge in [-0.2, -0.15) is 4.31 Å². The minimum absolute atomic E-state index is 0.173. The third kappa shape index (κ3) is 2.64. The maximum atomic E-state index is 12.5. The van der Waals surface area contributed by atoms with Crippen LogP contribution in [0.5, 0.6) is 0 Å². The first-order valence-corrected chi connectivity index (χ1v) is 9.03. The summed E-state index contributed by atoms with van der Waals surface area (Å²) < 4.78 is 27.5. The van der Waals surface area contributed by atoms with Gasteiger partial charge in [-0.3, -0.25) is 0 Å². The Morgan fingerprint density at radius 1 is 1.19 bits per heavy atom. The normalized spacial score (nSPS) is 15.1. The van der Waals surface area contributed by atoms with E-state index in [-0.39, 0.29) is 22.9 Å². The molecule has 110 valence electrons. The molecule has 1 aromatic carbocycles. The van der Waals surface area contributed by atoms with E-state index in [2.05, 4.69) is 15.9 Å². The van der Waals surface area contributed by atoms with Gasteiger partial charge in [0.25, 0.3) is 10.0 Å². The van der Waals surface area contributed by atoms with Crippen molar-refractivity contribution in [1.82, 2.24) is 4.31 Å². The van der Waals surface area contributed by atoms with E-state index < -0.39 is 16.0 Å². The summed E-state index contributed by atoms with van der Waals surface area (Å²) in [6, 6.07) is 7.98. The van der Waals surface area contributed by atoms with Crippen molar-refractivity contribution in [2.45, 2.75) is 17.3 Å². The molecule has 0 aliphatic carbocycles. The Hall–Kier alpha value is -1.22. The van der Waals surface area contributed by atoms with Crippen LogP contribution in [0.4, 0.5) is 0 Å². The topological polar surface area (TPSA) is 74.7 Å². The minimum Gasteiger partial charge on any atom is -0.478 e. The molecule has 1 N–H and O–H groups in total. The molecule has 5 nitrogen and oxygen atoms in total. The molecular weight excluding hydrogens is 378 g/mol. The monoisotopic (exact) mass is 387 g/mol. The smallest absolute Gasteiger partial charge is 0.335 e. The second-order valence-electron chi connectivity index (χ2n) is 4.62. The number of sulfonamides is 1. The summed E-state index contributed by atoms with van der Waals surface area (Å²) in [6.07, 6.45) is 0. The number of aromatic carboxylic acids is 1. The van der Waals surface area contributed by atoms with Gasteiger partial charge in [0.1, 0.15) is 4.21 Å². The fraction of sp³-hybridized carbons (Fsp3) is 0.154. The van der Waals surface area contributed by atoms with E-state index in [1.165, 1.54) is 16.4 Å². The molecule has 0 saturated carbocycles. The number of nitrogens with zero attached hydrogens (tertiary/aromatic N) is 1. The van der Waals surface area contributed by atoms with E-state index in [9.17, 15) is 13.2 Å². The number of rotatable bonds is 3. The summed E-state index contributed by atoms with van der Waals surface area (Å²) >= 11 is 4.42. The lowest BCUT2D eigenvalue weighted by molar-refractivity contribution is 0.0696. The molecule has 1 aromatic heterocycles. The van der Waals surface area contributed by atoms with Gasteiger partial charge in [0.15, 0.2) is 0 Å². The van der Waals surface area contributed by atoms with Gasteiger partial charge in [0.2, 0.25) is 0 Å². The first-order chi connectivity index (χ1) is 9.88. The Bertz CT molecular complexity index is 828. The SMILES string of the molecule is O=C(O)c1ccc2c(c1)CN(S(=O)(=O)c1ccc(Br)s1)C2. The zero-order valence-corrected chi connectivity index (χ0v) is 13.8. The number of benzene rings is 1. The lowest BCUT2D eigenvalue weighted by Crippen LogP contribution is -2.24. The highest BCUT2D eigenvalue weighted by Gasteiger charge is 2.31. The van der Waals surface area contributed by atoms with Crippen molar-refractivity contribution in [2.24, 2.45) is 0 Å². The molecule has 0 amide bonds. The Morgan fingerprint density at radius 3 is 2.52 bits per heavy atom. The highest BCUT2D eigenvalue weighted by atomic mass is 79.9. The molecule has 2 heterocycles. The molecule has 0 unspecified atom stereocenters. The maximum Gasteiger partial charge on any atom is 0.335 e. The lowest BCUT2D eigenvalue weighted by Gasteiger charge is -2.13. The molecule has 3 rings (SSSR count). The third-order valence-electron chi connectivity index (χ3n) is 3.29. The van der Waals surface area contributed by atoms with Gasteiger partial charge in [0, 0.05) is 13.1 Å². The van der Waals surface area contributed by atoms with Gasteiger partial charge >= 0.3 is 5.97 Å². The highest BCUT2D eigenvalue weighted by molar-refractivity contribution is 9.11. The van der Waals surface area contributed by atoms with Crippen LogP contribution in [0.25, 0.3) is 0 Å². The Kier molecular flexibility index (Phi) is 3.64. The van der Waals surface area contributed by atoms with Crippen molar-refractivity contribution < 1.29 is 18.3 Å². The molecule has 21 heavy (non-hydrogen) atoms. The van der Waals surface area contributed by atoms with Crippen LogP contribution in [-0.4, -0.2) is 23.8 Å². The average Bonchev–Trinajstić information content (AvgIpc) is 3.03. The predicted molar refractivity (Wildman–Crippen MR) is 81.9 cm³/mol. The van der Waals surface area contributed by atoms with Crippen molar-refractivity contribution >= 4 is 43.3 Å². The van der Waals surface area contributed by atoms with E-state index in [0.717, 1.165) is 26.3 Å². The van der Waals surface area contributed by atoms with Crippen molar-refractivity contribution in [2.75, 3.05) is 0 Å². The number of halogens is 1. The zero-order chi connectivity index (χ0) is 15.2. The maximum absolute atomic E-state index is 12.5. The molecule has 8 heteroatoms. The summed E-state index contributed by atoms with van der Waals surface area (Å²) in [5.41, 5.74) is 1.76. The van der Waals surface area contributed by atoms with Crippen LogP contribution < -0.4 is 0 Å². The number of fused-ring (bicyclic) bond motifs is 1. The van der Waals surface area contributed by atoms with Gasteiger partial charge in [-0.25, -0.2) is 13.2 Å². The molecule has 1 aliphatic heterocycles. The first-order valence-electron chi connectivity index (χ1n) is 5.98. The van der Waals surface area contributed by atoms with Crippen LogP contribution >= 0.6 is 27.3 Å². The van der Waals surface area contributed by atoms with Gasteiger partial charge in [0.05, 0.1) is 9.35 Å². The Morgan fingerprint density at radius 2 is 1.90 bits per heavy atom. The minimum atomic E-state index is -3.54. The summed E-state index contributed by atoms with van der Waals surface area (Å²) in [5.74, 6) is -1.01. The van der Waals surface area contributed by atoms with Crippen LogP contribution in [0.1, 0.15) is 21.5 Å². The first kappa shape index (κ1) is 14.7. The summed E-state index contributed by atoms with van der Waals surface area (Å²) in [5, 5.41) is 8.99. The number of carboxylic acid groups (broad SMARTS) is 1. The fourth-order valence-corrected chi connectivity index (χ4v) is 5.79. The highest BCUT2D eigenvalue weighted by Crippen LogP contribution is 2.33. The van der Waals surface area contributed by atoms with Crippen LogP contribution in [-0.2, 0) is 23.1 Å². The molecular formula is C13H10BrNO4S2. The van der Waals surface area contributed by atoms with Gasteiger partial charge in [-0.15, -0.1) is 11.3 Å². The second-order valence-corrected chi connectivity index (χ2v) is 9.25. The third-order valence-corrected chi connectivity index (χ3v) is 7.17. The van der Waals surface area contributed by atoms with Crippen LogP contribution in [0, 0.1) is 0 Å². The van der Waals surface area contributed by atoms with Gasteiger partial charge in [-0.1, -0.05) is 6.07 Å². The molecule has 0 atom stereocenters. The van der Waals surface area contributed by atoms with Crippen molar-refractivity contribution in [3.8, 4) is 0 Å². The van der Waals surface area contributed by atoms with E-state index in [0.29, 0.717) is 0 Å². The van der Waals surface area contributed by atoms with E-state index in [1.807, 2.05) is 0 Å². The number of carbonyl (C=O) groups is 1. The van der Waals surface area contributed by atoms with Crippen LogP contribution in [0.2, 0.25) is 0 Å². The standard InChI is InChI=1S/C13H10BrNO4S2/c14-11-3-4-12(20-11)21(18,19)15-6-9-2-1-8(13(16)17)5-10(9)7-15/h1-5H,6-7H2,(H,16,17). The summed E-state index contributed by atoms with van der Waals surface area (Å²) in [7, 11) is -3.54. The average molecular weight is 388 g/mol. The van der Waals surface area contributed by atoms with Crippen molar-refractivity contribution in [3.05, 3.63) is 50.8 Å². The second kappa shape index (κ2) is 5.20. The molecule has 0 bridgehead atoms. The molecule has 2 aromatic rings. The quantitative estimate of drug-likeness (QED) is 0.878. The number of thiophene rings is 1.